The Hall–Kier alpha value is -1.69. The SMILES string of the molecule is CNCCCNC(C)c1ccc(S(=O)(=O)CCCc2ccccc2)cc1. The van der Waals surface area contributed by atoms with E-state index in [2.05, 4.69) is 17.6 Å². The first-order chi connectivity index (χ1) is 12.5. The maximum absolute atomic E-state index is 12.5. The number of hydrogen-bond donors (Lipinski definition) is 2. The number of rotatable bonds is 11. The van der Waals surface area contributed by atoms with Crippen molar-refractivity contribution >= 4 is 9.84 Å². The Bertz CT molecular complexity index is 743. The van der Waals surface area contributed by atoms with E-state index >= 15 is 0 Å². The van der Waals surface area contributed by atoms with Crippen molar-refractivity contribution in [3.8, 4) is 0 Å². The molecule has 1 atom stereocenters. The van der Waals surface area contributed by atoms with Crippen LogP contribution in [0.15, 0.2) is 59.5 Å². The smallest absolute Gasteiger partial charge is 0.178 e. The van der Waals surface area contributed by atoms with Gasteiger partial charge < -0.3 is 10.6 Å². The molecule has 1 unspecified atom stereocenters. The summed E-state index contributed by atoms with van der Waals surface area (Å²) in [5.41, 5.74) is 2.29. The first kappa shape index (κ1) is 20.6. The second kappa shape index (κ2) is 10.5. The Labute approximate surface area is 157 Å². The van der Waals surface area contributed by atoms with E-state index in [9.17, 15) is 8.42 Å². The van der Waals surface area contributed by atoms with Crippen molar-refractivity contribution in [3.63, 3.8) is 0 Å². The van der Waals surface area contributed by atoms with Gasteiger partial charge in [-0.3, -0.25) is 0 Å². The molecule has 5 heteroatoms. The minimum atomic E-state index is -3.23. The van der Waals surface area contributed by atoms with Crippen LogP contribution in [0, 0.1) is 0 Å². The number of sulfone groups is 1. The predicted octanol–water partition coefficient (Wildman–Crippen LogP) is 3.35. The van der Waals surface area contributed by atoms with Crippen LogP contribution in [0.4, 0.5) is 0 Å². The van der Waals surface area contributed by atoms with Gasteiger partial charge in [-0.1, -0.05) is 42.5 Å². The summed E-state index contributed by atoms with van der Waals surface area (Å²) < 4.78 is 25.0. The van der Waals surface area contributed by atoms with Crippen molar-refractivity contribution in [1.29, 1.82) is 0 Å². The van der Waals surface area contributed by atoms with Gasteiger partial charge in [0, 0.05) is 6.04 Å². The number of nitrogens with one attached hydrogen (secondary N) is 2. The van der Waals surface area contributed by atoms with E-state index in [0.29, 0.717) is 11.3 Å². The highest BCUT2D eigenvalue weighted by molar-refractivity contribution is 7.91. The molecule has 0 bridgehead atoms. The molecule has 0 amide bonds. The van der Waals surface area contributed by atoms with Crippen LogP contribution in [-0.2, 0) is 16.3 Å². The van der Waals surface area contributed by atoms with Crippen LogP contribution in [0.3, 0.4) is 0 Å². The molecule has 0 radical (unpaired) electrons. The van der Waals surface area contributed by atoms with Gasteiger partial charge in [0.1, 0.15) is 0 Å². The zero-order valence-corrected chi connectivity index (χ0v) is 16.6. The fourth-order valence-corrected chi connectivity index (χ4v) is 4.21. The summed E-state index contributed by atoms with van der Waals surface area (Å²) in [4.78, 5) is 0.414. The standard InChI is InChI=1S/C21H30N2O2S/c1-18(23-16-7-15-22-2)20-11-13-21(14-12-20)26(24,25)17-6-10-19-8-4-3-5-9-19/h3-5,8-9,11-14,18,22-23H,6-7,10,15-17H2,1-2H3. The quantitative estimate of drug-likeness (QED) is 0.592. The van der Waals surface area contributed by atoms with Crippen molar-refractivity contribution in [3.05, 3.63) is 65.7 Å². The first-order valence-electron chi connectivity index (χ1n) is 9.27. The Balaban J connectivity index is 1.87. The van der Waals surface area contributed by atoms with E-state index < -0.39 is 9.84 Å². The van der Waals surface area contributed by atoms with Crippen LogP contribution in [0.5, 0.6) is 0 Å². The van der Waals surface area contributed by atoms with Gasteiger partial charge in [0.25, 0.3) is 0 Å². The average Bonchev–Trinajstić information content (AvgIpc) is 2.66. The lowest BCUT2D eigenvalue weighted by atomic mass is 10.1. The molecule has 0 spiro atoms. The highest BCUT2D eigenvalue weighted by atomic mass is 32.2. The average molecular weight is 375 g/mol. The number of benzene rings is 2. The van der Waals surface area contributed by atoms with Crippen LogP contribution in [0.2, 0.25) is 0 Å². The minimum Gasteiger partial charge on any atom is -0.320 e. The summed E-state index contributed by atoms with van der Waals surface area (Å²) in [6.07, 6.45) is 2.48. The molecule has 0 aliphatic rings. The molecular formula is C21H30N2O2S. The second-order valence-corrected chi connectivity index (χ2v) is 8.72. The maximum atomic E-state index is 12.5. The molecule has 26 heavy (non-hydrogen) atoms. The topological polar surface area (TPSA) is 58.2 Å². The van der Waals surface area contributed by atoms with E-state index in [1.54, 1.807) is 12.1 Å². The summed E-state index contributed by atoms with van der Waals surface area (Å²) >= 11 is 0. The van der Waals surface area contributed by atoms with Gasteiger partial charge >= 0.3 is 0 Å². The fourth-order valence-electron chi connectivity index (χ4n) is 2.89. The monoisotopic (exact) mass is 374 g/mol. The van der Waals surface area contributed by atoms with Crippen LogP contribution in [-0.4, -0.2) is 34.3 Å². The second-order valence-electron chi connectivity index (χ2n) is 6.61. The lowest BCUT2D eigenvalue weighted by Gasteiger charge is -2.15. The Morgan fingerprint density at radius 2 is 1.62 bits per heavy atom. The van der Waals surface area contributed by atoms with Crippen molar-refractivity contribution in [2.75, 3.05) is 25.9 Å². The summed E-state index contributed by atoms with van der Waals surface area (Å²) in [6, 6.07) is 17.5. The van der Waals surface area contributed by atoms with E-state index in [4.69, 9.17) is 0 Å². The third-order valence-corrected chi connectivity index (χ3v) is 6.33. The van der Waals surface area contributed by atoms with Gasteiger partial charge in [0.15, 0.2) is 9.84 Å². The highest BCUT2D eigenvalue weighted by Gasteiger charge is 2.15. The molecule has 0 aliphatic heterocycles. The van der Waals surface area contributed by atoms with E-state index in [-0.39, 0.29) is 11.8 Å². The highest BCUT2D eigenvalue weighted by Crippen LogP contribution is 2.18. The largest absolute Gasteiger partial charge is 0.320 e. The van der Waals surface area contributed by atoms with Gasteiger partial charge in [-0.2, -0.15) is 0 Å². The molecule has 2 N–H and O–H groups in total. The van der Waals surface area contributed by atoms with Crippen molar-refractivity contribution in [2.24, 2.45) is 0 Å². The molecule has 142 valence electrons. The third kappa shape index (κ3) is 6.56. The summed E-state index contributed by atoms with van der Waals surface area (Å²) in [6.45, 7) is 4.02. The Morgan fingerprint density at radius 1 is 0.923 bits per heavy atom. The van der Waals surface area contributed by atoms with Gasteiger partial charge in [0.05, 0.1) is 10.6 Å². The molecule has 2 aromatic carbocycles. The number of aryl methyl sites for hydroxylation is 1. The van der Waals surface area contributed by atoms with Gasteiger partial charge in [-0.15, -0.1) is 0 Å². The molecule has 0 saturated carbocycles. The first-order valence-corrected chi connectivity index (χ1v) is 10.9. The molecule has 0 heterocycles. The maximum Gasteiger partial charge on any atom is 0.178 e. The normalized spacial score (nSPS) is 12.8. The lowest BCUT2D eigenvalue weighted by Crippen LogP contribution is -2.22. The summed E-state index contributed by atoms with van der Waals surface area (Å²) in [5.74, 6) is 0.180. The molecule has 2 rings (SSSR count). The molecule has 0 aromatic heterocycles. The molecule has 0 saturated heterocycles. The van der Waals surface area contributed by atoms with Gasteiger partial charge in [-0.05, 0) is 69.6 Å². The van der Waals surface area contributed by atoms with Crippen LogP contribution >= 0.6 is 0 Å². The summed E-state index contributed by atoms with van der Waals surface area (Å²) in [7, 11) is -1.28. The van der Waals surface area contributed by atoms with Crippen LogP contribution in [0.1, 0.15) is 36.9 Å². The van der Waals surface area contributed by atoms with Gasteiger partial charge in [-0.25, -0.2) is 8.42 Å². The van der Waals surface area contributed by atoms with Crippen molar-refractivity contribution < 1.29 is 8.42 Å². The molecule has 0 fully saturated rings. The van der Waals surface area contributed by atoms with Crippen LogP contribution < -0.4 is 10.6 Å². The van der Waals surface area contributed by atoms with Crippen molar-refractivity contribution in [2.45, 2.75) is 37.1 Å². The summed E-state index contributed by atoms with van der Waals surface area (Å²) in [5, 5.41) is 6.58. The molecular weight excluding hydrogens is 344 g/mol. The lowest BCUT2D eigenvalue weighted by molar-refractivity contribution is 0.549. The van der Waals surface area contributed by atoms with Crippen molar-refractivity contribution in [1.82, 2.24) is 10.6 Å². The third-order valence-electron chi connectivity index (χ3n) is 4.51. The van der Waals surface area contributed by atoms with E-state index in [0.717, 1.165) is 31.5 Å². The van der Waals surface area contributed by atoms with Crippen LogP contribution in [0.25, 0.3) is 0 Å². The van der Waals surface area contributed by atoms with E-state index in [1.807, 2.05) is 49.5 Å². The molecule has 4 nitrogen and oxygen atoms in total. The van der Waals surface area contributed by atoms with E-state index in [1.165, 1.54) is 5.56 Å². The molecule has 2 aromatic rings. The predicted molar refractivity (Wildman–Crippen MR) is 108 cm³/mol. The minimum absolute atomic E-state index is 0.180. The zero-order valence-electron chi connectivity index (χ0n) is 15.7. The Kier molecular flexibility index (Phi) is 8.29. The fraction of sp³-hybridized carbons (Fsp3) is 0.429. The number of hydrogen-bond acceptors (Lipinski definition) is 4. The molecule has 0 aliphatic carbocycles. The van der Waals surface area contributed by atoms with Gasteiger partial charge in [0.2, 0.25) is 0 Å². The Morgan fingerprint density at radius 3 is 2.27 bits per heavy atom. The zero-order chi connectivity index (χ0) is 18.8.